The fraction of sp³-hybridized carbons (Fsp3) is 0.455. The smallest absolute Gasteiger partial charge is 0.264 e. The molecular formula is C44H60O8S2Si2. The van der Waals surface area contributed by atoms with Crippen LogP contribution in [0.2, 0.25) is 10.1 Å². The third-order valence-corrected chi connectivity index (χ3v) is 22.2. The lowest BCUT2D eigenvalue weighted by Gasteiger charge is -2.45. The second-order valence-electron chi connectivity index (χ2n) is 17.5. The van der Waals surface area contributed by atoms with Crippen LogP contribution in [0.4, 0.5) is 0 Å². The zero-order chi connectivity index (χ0) is 40.8. The lowest BCUT2D eigenvalue weighted by molar-refractivity contribution is 0.0414. The summed E-state index contributed by atoms with van der Waals surface area (Å²) in [5.74, 6) is 0.654. The van der Waals surface area contributed by atoms with Crippen LogP contribution in [0.1, 0.15) is 67.2 Å². The monoisotopic (exact) mass is 836 g/mol. The zero-order valence-electron chi connectivity index (χ0n) is 34.2. The summed E-state index contributed by atoms with van der Waals surface area (Å²) in [6.07, 6.45) is 4.72. The number of hydrogen-bond donors (Lipinski definition) is 0. The quantitative estimate of drug-likeness (QED) is 0.103. The van der Waals surface area contributed by atoms with Crippen LogP contribution >= 0.6 is 0 Å². The SMILES string of the molecule is CC(C)(C)[Si](OCC1CC(OS(C)(=O)=O)C1)(c1ccccc1)c1ccccc1.CC(C)(C)[Si](OCC1CC(OS(C)(=O)=O)C1)(c1ccccc1)c1ccccc1. The Kier molecular flexibility index (Phi) is 14.1. The van der Waals surface area contributed by atoms with Gasteiger partial charge in [-0.05, 0) is 68.3 Å². The van der Waals surface area contributed by atoms with Gasteiger partial charge in [-0.2, -0.15) is 16.8 Å². The highest BCUT2D eigenvalue weighted by Gasteiger charge is 2.52. The molecule has 0 unspecified atom stereocenters. The molecule has 4 aromatic rings. The maximum absolute atomic E-state index is 11.3. The lowest BCUT2D eigenvalue weighted by Crippen LogP contribution is -2.67. The summed E-state index contributed by atoms with van der Waals surface area (Å²) >= 11 is 0. The Balaban J connectivity index is 0.000000214. The molecule has 0 spiro atoms. The Morgan fingerprint density at radius 2 is 0.696 bits per heavy atom. The average molecular weight is 837 g/mol. The van der Waals surface area contributed by atoms with Crippen molar-refractivity contribution in [2.24, 2.45) is 11.8 Å². The molecule has 0 bridgehead atoms. The molecule has 0 atom stereocenters. The van der Waals surface area contributed by atoms with Gasteiger partial charge in [0.05, 0.1) is 24.7 Å². The van der Waals surface area contributed by atoms with E-state index in [0.717, 1.165) is 38.2 Å². The molecule has 0 heterocycles. The summed E-state index contributed by atoms with van der Waals surface area (Å²) in [5.41, 5.74) is 0. The van der Waals surface area contributed by atoms with Crippen LogP contribution in [-0.2, 0) is 37.5 Å². The molecule has 304 valence electrons. The first-order valence-electron chi connectivity index (χ1n) is 19.5. The van der Waals surface area contributed by atoms with Gasteiger partial charge in [0.15, 0.2) is 0 Å². The van der Waals surface area contributed by atoms with E-state index in [4.69, 9.17) is 17.2 Å². The Labute approximate surface area is 338 Å². The van der Waals surface area contributed by atoms with Gasteiger partial charge >= 0.3 is 0 Å². The van der Waals surface area contributed by atoms with Crippen LogP contribution in [0.3, 0.4) is 0 Å². The van der Waals surface area contributed by atoms with Crippen molar-refractivity contribution in [3.8, 4) is 0 Å². The lowest BCUT2D eigenvalue weighted by atomic mass is 9.83. The second kappa shape index (κ2) is 17.9. The molecule has 2 aliphatic rings. The predicted molar refractivity (Wildman–Crippen MR) is 232 cm³/mol. The molecule has 0 aromatic heterocycles. The van der Waals surface area contributed by atoms with Gasteiger partial charge in [0.1, 0.15) is 0 Å². The minimum Gasteiger partial charge on any atom is -0.407 e. The number of benzene rings is 4. The maximum atomic E-state index is 11.3. The number of hydrogen-bond acceptors (Lipinski definition) is 8. The summed E-state index contributed by atoms with van der Waals surface area (Å²) in [4.78, 5) is 0. The first-order chi connectivity index (χ1) is 26.2. The van der Waals surface area contributed by atoms with E-state index in [1.807, 2.05) is 24.3 Å². The maximum Gasteiger partial charge on any atom is 0.264 e. The summed E-state index contributed by atoms with van der Waals surface area (Å²) in [5, 5.41) is 4.94. The van der Waals surface area contributed by atoms with Crippen molar-refractivity contribution >= 4 is 57.6 Å². The Morgan fingerprint density at radius 1 is 0.464 bits per heavy atom. The standard InChI is InChI=1S/2C22H30O4SSi/c2*1-22(2,3)28(20-11-7-5-8-12-20,21-13-9-6-10-14-21)25-17-18-15-19(16-18)26-27(4,23)24/h2*5-14,18-19H,15-17H2,1-4H3. The van der Waals surface area contributed by atoms with Gasteiger partial charge in [0.25, 0.3) is 36.9 Å². The molecule has 2 saturated carbocycles. The first kappa shape index (κ1) is 44.2. The van der Waals surface area contributed by atoms with Crippen molar-refractivity contribution in [2.45, 2.75) is 89.5 Å². The van der Waals surface area contributed by atoms with Gasteiger partial charge < -0.3 is 8.85 Å². The molecule has 8 nitrogen and oxygen atoms in total. The minimum absolute atomic E-state index is 0.0535. The Bertz CT molecular complexity index is 1810. The van der Waals surface area contributed by atoms with Crippen LogP contribution in [0, 0.1) is 11.8 Å². The van der Waals surface area contributed by atoms with E-state index in [9.17, 15) is 16.8 Å². The van der Waals surface area contributed by atoms with Gasteiger partial charge in [-0.25, -0.2) is 0 Å². The Hall–Kier alpha value is -2.95. The molecule has 56 heavy (non-hydrogen) atoms. The van der Waals surface area contributed by atoms with Crippen LogP contribution in [0.15, 0.2) is 121 Å². The van der Waals surface area contributed by atoms with Crippen molar-refractivity contribution < 1.29 is 34.1 Å². The van der Waals surface area contributed by atoms with E-state index in [-0.39, 0.29) is 22.3 Å². The van der Waals surface area contributed by atoms with Gasteiger partial charge in [0, 0.05) is 13.2 Å². The van der Waals surface area contributed by atoms with E-state index in [2.05, 4.69) is 139 Å². The third-order valence-electron chi connectivity index (χ3n) is 10.9. The van der Waals surface area contributed by atoms with Gasteiger partial charge in [-0.3, -0.25) is 8.37 Å². The summed E-state index contributed by atoms with van der Waals surface area (Å²) in [6.45, 7) is 14.8. The molecular weight excluding hydrogens is 777 g/mol. The predicted octanol–water partition coefficient (Wildman–Crippen LogP) is 6.64. The fourth-order valence-corrected chi connectivity index (χ4v) is 18.9. The van der Waals surface area contributed by atoms with Gasteiger partial charge in [-0.1, -0.05) is 163 Å². The topological polar surface area (TPSA) is 105 Å². The summed E-state index contributed by atoms with van der Waals surface area (Å²) in [7, 11) is -11.8. The van der Waals surface area contributed by atoms with Crippen LogP contribution < -0.4 is 20.7 Å². The van der Waals surface area contributed by atoms with Crippen molar-refractivity contribution in [1.29, 1.82) is 0 Å². The molecule has 0 aliphatic heterocycles. The largest absolute Gasteiger partial charge is 0.407 e. The van der Waals surface area contributed by atoms with E-state index in [1.54, 1.807) is 0 Å². The van der Waals surface area contributed by atoms with Crippen molar-refractivity contribution in [3.63, 3.8) is 0 Å². The molecule has 0 saturated heterocycles. The van der Waals surface area contributed by atoms with Crippen LogP contribution in [-0.4, -0.2) is 71.4 Å². The normalized spacial score (nSPS) is 20.6. The van der Waals surface area contributed by atoms with E-state index in [1.165, 1.54) is 20.7 Å². The Morgan fingerprint density at radius 3 is 0.893 bits per heavy atom. The molecule has 2 fully saturated rings. The van der Waals surface area contributed by atoms with Crippen molar-refractivity contribution in [2.75, 3.05) is 25.7 Å². The highest BCUT2D eigenvalue weighted by molar-refractivity contribution is 7.86. The second-order valence-corrected chi connectivity index (χ2v) is 29.3. The van der Waals surface area contributed by atoms with Crippen molar-refractivity contribution in [1.82, 2.24) is 0 Å². The first-order valence-corrected chi connectivity index (χ1v) is 26.9. The van der Waals surface area contributed by atoms with Crippen molar-refractivity contribution in [3.05, 3.63) is 121 Å². The fourth-order valence-electron chi connectivity index (χ4n) is 8.28. The minimum atomic E-state index is -3.39. The summed E-state index contributed by atoms with van der Waals surface area (Å²) in [6, 6.07) is 42.2. The van der Waals surface area contributed by atoms with Crippen LogP contribution in [0.25, 0.3) is 0 Å². The molecule has 2 aliphatic carbocycles. The summed E-state index contributed by atoms with van der Waals surface area (Å²) < 4.78 is 69.2. The molecule has 4 aromatic carbocycles. The van der Waals surface area contributed by atoms with Gasteiger partial charge in [0.2, 0.25) is 0 Å². The molecule has 0 amide bonds. The number of rotatable bonds is 14. The molecule has 6 rings (SSSR count). The molecule has 0 N–H and O–H groups in total. The van der Waals surface area contributed by atoms with E-state index >= 15 is 0 Å². The van der Waals surface area contributed by atoms with Gasteiger partial charge in [-0.15, -0.1) is 0 Å². The molecule has 12 heteroatoms. The molecule has 0 radical (unpaired) electrons. The van der Waals surface area contributed by atoms with E-state index < -0.39 is 36.9 Å². The average Bonchev–Trinajstić information content (AvgIpc) is 3.09. The zero-order valence-corrected chi connectivity index (χ0v) is 37.8. The third kappa shape index (κ3) is 10.8. The highest BCUT2D eigenvalue weighted by atomic mass is 32.2. The van der Waals surface area contributed by atoms with Crippen LogP contribution in [0.5, 0.6) is 0 Å². The van der Waals surface area contributed by atoms with E-state index in [0.29, 0.717) is 25.0 Å². The highest BCUT2D eigenvalue weighted by Crippen LogP contribution is 2.40.